The third-order valence-corrected chi connectivity index (χ3v) is 5.11. The molecular weight excluding hydrogens is 282 g/mol. The molecule has 0 aliphatic carbocycles. The summed E-state index contributed by atoms with van der Waals surface area (Å²) in [5, 5.41) is 4.09. The molecule has 5 heteroatoms. The second-order valence-electron chi connectivity index (χ2n) is 6.26. The Labute approximate surface area is 132 Å². The van der Waals surface area contributed by atoms with Crippen LogP contribution in [0, 0.1) is 12.8 Å². The number of carbonyl (C=O) groups excluding carboxylic acids is 1. The molecular formula is C16H27N3OS. The second kappa shape index (κ2) is 7.90. The summed E-state index contributed by atoms with van der Waals surface area (Å²) in [7, 11) is 0. The van der Waals surface area contributed by atoms with Crippen LogP contribution in [0.2, 0.25) is 0 Å². The van der Waals surface area contributed by atoms with Gasteiger partial charge in [-0.1, -0.05) is 13.8 Å². The fourth-order valence-corrected chi connectivity index (χ4v) is 3.55. The quantitative estimate of drug-likeness (QED) is 0.842. The maximum Gasteiger partial charge on any atom is 0.263 e. The molecule has 1 aromatic rings. The number of aryl methyl sites for hydroxylation is 1. The minimum absolute atomic E-state index is 0.0399. The zero-order valence-electron chi connectivity index (χ0n) is 13.4. The molecule has 1 aliphatic heterocycles. The van der Waals surface area contributed by atoms with Crippen LogP contribution in [0.15, 0.2) is 0 Å². The monoisotopic (exact) mass is 309 g/mol. The average Bonchev–Trinajstić information content (AvgIpc) is 3.05. The number of carbonyl (C=O) groups is 1. The zero-order chi connectivity index (χ0) is 15.2. The Kier molecular flexibility index (Phi) is 6.18. The van der Waals surface area contributed by atoms with Crippen LogP contribution in [-0.2, 0) is 6.42 Å². The predicted molar refractivity (Wildman–Crippen MR) is 88.0 cm³/mol. The van der Waals surface area contributed by atoms with Gasteiger partial charge in [-0.25, -0.2) is 4.98 Å². The summed E-state index contributed by atoms with van der Waals surface area (Å²) < 4.78 is 0. The Morgan fingerprint density at radius 2 is 2.10 bits per heavy atom. The highest BCUT2D eigenvalue weighted by atomic mass is 32.1. The molecule has 0 unspecified atom stereocenters. The third-order valence-electron chi connectivity index (χ3n) is 3.89. The summed E-state index contributed by atoms with van der Waals surface area (Å²) >= 11 is 1.56. The Balaban J connectivity index is 1.84. The number of hydrogen-bond acceptors (Lipinski definition) is 4. The van der Waals surface area contributed by atoms with Crippen LogP contribution in [0.3, 0.4) is 0 Å². The van der Waals surface area contributed by atoms with Gasteiger partial charge in [-0.3, -0.25) is 4.79 Å². The molecule has 0 radical (unpaired) electrons. The molecule has 21 heavy (non-hydrogen) atoms. The minimum atomic E-state index is 0.0399. The normalized spacial score (nSPS) is 15.8. The molecule has 1 amide bonds. The van der Waals surface area contributed by atoms with Gasteiger partial charge in [0.15, 0.2) is 0 Å². The SMILES string of the molecule is Cc1nc(CCN2CCCC2)sc1C(=O)NCCC(C)C. The molecule has 0 spiro atoms. The molecule has 1 fully saturated rings. The minimum Gasteiger partial charge on any atom is -0.351 e. The van der Waals surface area contributed by atoms with Crippen molar-refractivity contribution in [2.24, 2.45) is 5.92 Å². The lowest BCUT2D eigenvalue weighted by atomic mass is 10.1. The molecule has 0 saturated carbocycles. The van der Waals surface area contributed by atoms with Crippen molar-refractivity contribution >= 4 is 17.2 Å². The lowest BCUT2D eigenvalue weighted by Gasteiger charge is -2.12. The Hall–Kier alpha value is -0.940. The van der Waals surface area contributed by atoms with Gasteiger partial charge < -0.3 is 10.2 Å². The van der Waals surface area contributed by atoms with Crippen molar-refractivity contribution in [3.05, 3.63) is 15.6 Å². The van der Waals surface area contributed by atoms with E-state index in [1.54, 1.807) is 11.3 Å². The number of likely N-dealkylation sites (tertiary alicyclic amines) is 1. The number of hydrogen-bond donors (Lipinski definition) is 1. The Morgan fingerprint density at radius 3 is 2.76 bits per heavy atom. The molecule has 0 aromatic carbocycles. The van der Waals surface area contributed by atoms with Crippen LogP contribution in [-0.4, -0.2) is 42.0 Å². The molecule has 1 aromatic heterocycles. The van der Waals surface area contributed by atoms with Crippen molar-refractivity contribution < 1.29 is 4.79 Å². The first-order chi connectivity index (χ1) is 10.1. The van der Waals surface area contributed by atoms with Gasteiger partial charge in [0.1, 0.15) is 4.88 Å². The molecule has 1 aliphatic rings. The highest BCUT2D eigenvalue weighted by molar-refractivity contribution is 7.13. The molecule has 118 valence electrons. The molecule has 0 atom stereocenters. The largest absolute Gasteiger partial charge is 0.351 e. The van der Waals surface area contributed by atoms with Crippen molar-refractivity contribution in [2.45, 2.75) is 46.5 Å². The van der Waals surface area contributed by atoms with Crippen molar-refractivity contribution in [3.63, 3.8) is 0 Å². The van der Waals surface area contributed by atoms with Crippen molar-refractivity contribution in [3.8, 4) is 0 Å². The highest BCUT2D eigenvalue weighted by Crippen LogP contribution is 2.19. The van der Waals surface area contributed by atoms with Crippen molar-refractivity contribution in [2.75, 3.05) is 26.2 Å². The van der Waals surface area contributed by atoms with Crippen LogP contribution in [0.5, 0.6) is 0 Å². The van der Waals surface area contributed by atoms with E-state index < -0.39 is 0 Å². The molecule has 1 N–H and O–H groups in total. The second-order valence-corrected chi connectivity index (χ2v) is 7.34. The number of amides is 1. The maximum atomic E-state index is 12.2. The highest BCUT2D eigenvalue weighted by Gasteiger charge is 2.16. The van der Waals surface area contributed by atoms with Gasteiger partial charge in [-0.05, 0) is 45.2 Å². The van der Waals surface area contributed by atoms with E-state index in [2.05, 4.69) is 29.0 Å². The molecule has 1 saturated heterocycles. The zero-order valence-corrected chi connectivity index (χ0v) is 14.3. The summed E-state index contributed by atoms with van der Waals surface area (Å²) in [6, 6.07) is 0. The fraction of sp³-hybridized carbons (Fsp3) is 0.750. The Bertz CT molecular complexity index is 464. The van der Waals surface area contributed by atoms with E-state index in [4.69, 9.17) is 0 Å². The lowest BCUT2D eigenvalue weighted by Crippen LogP contribution is -2.25. The van der Waals surface area contributed by atoms with Crippen LogP contribution < -0.4 is 5.32 Å². The van der Waals surface area contributed by atoms with Crippen LogP contribution >= 0.6 is 11.3 Å². The Morgan fingerprint density at radius 1 is 1.38 bits per heavy atom. The topological polar surface area (TPSA) is 45.2 Å². The summed E-state index contributed by atoms with van der Waals surface area (Å²) in [5.74, 6) is 0.655. The molecule has 2 rings (SSSR count). The van der Waals surface area contributed by atoms with E-state index in [9.17, 15) is 4.79 Å². The first kappa shape index (κ1) is 16.4. The van der Waals surface area contributed by atoms with Gasteiger partial charge in [-0.2, -0.15) is 0 Å². The van der Waals surface area contributed by atoms with Crippen molar-refractivity contribution in [1.29, 1.82) is 0 Å². The molecule has 2 heterocycles. The van der Waals surface area contributed by atoms with Crippen LogP contribution in [0.25, 0.3) is 0 Å². The number of rotatable bonds is 7. The summed E-state index contributed by atoms with van der Waals surface area (Å²) in [4.78, 5) is 20.0. The van der Waals surface area contributed by atoms with E-state index in [1.807, 2.05) is 6.92 Å². The van der Waals surface area contributed by atoms with E-state index >= 15 is 0 Å². The fourth-order valence-electron chi connectivity index (χ4n) is 2.58. The van der Waals surface area contributed by atoms with Gasteiger partial charge in [0.05, 0.1) is 10.7 Å². The summed E-state index contributed by atoms with van der Waals surface area (Å²) in [5.41, 5.74) is 0.874. The first-order valence-electron chi connectivity index (χ1n) is 8.03. The van der Waals surface area contributed by atoms with E-state index in [-0.39, 0.29) is 5.91 Å². The third kappa shape index (κ3) is 5.08. The van der Waals surface area contributed by atoms with Gasteiger partial charge >= 0.3 is 0 Å². The average molecular weight is 309 g/mol. The number of thiazole rings is 1. The van der Waals surface area contributed by atoms with Gasteiger partial charge in [0.2, 0.25) is 0 Å². The number of aromatic nitrogens is 1. The van der Waals surface area contributed by atoms with Crippen LogP contribution in [0.4, 0.5) is 0 Å². The standard InChI is InChI=1S/C16H27N3OS/c1-12(2)6-8-17-16(20)15-13(3)18-14(21-15)7-11-19-9-4-5-10-19/h12H,4-11H2,1-3H3,(H,17,20). The van der Waals surface area contributed by atoms with E-state index in [0.29, 0.717) is 5.92 Å². The van der Waals surface area contributed by atoms with E-state index in [1.165, 1.54) is 25.9 Å². The maximum absolute atomic E-state index is 12.2. The molecule has 4 nitrogen and oxygen atoms in total. The van der Waals surface area contributed by atoms with Gasteiger partial charge in [0.25, 0.3) is 5.91 Å². The van der Waals surface area contributed by atoms with Crippen LogP contribution in [0.1, 0.15) is 53.5 Å². The van der Waals surface area contributed by atoms with Gasteiger partial charge in [0, 0.05) is 19.5 Å². The number of nitrogens with zero attached hydrogens (tertiary/aromatic N) is 2. The summed E-state index contributed by atoms with van der Waals surface area (Å²) in [6.07, 6.45) is 4.62. The first-order valence-corrected chi connectivity index (χ1v) is 8.84. The van der Waals surface area contributed by atoms with Crippen molar-refractivity contribution in [1.82, 2.24) is 15.2 Å². The van der Waals surface area contributed by atoms with E-state index in [0.717, 1.165) is 41.5 Å². The predicted octanol–water partition coefficient (Wildman–Crippen LogP) is 2.87. The number of nitrogens with one attached hydrogen (secondary N) is 1. The van der Waals surface area contributed by atoms with Gasteiger partial charge in [-0.15, -0.1) is 11.3 Å². The lowest BCUT2D eigenvalue weighted by molar-refractivity contribution is 0.0955. The molecule has 0 bridgehead atoms. The smallest absolute Gasteiger partial charge is 0.263 e. The summed E-state index contributed by atoms with van der Waals surface area (Å²) in [6.45, 7) is 10.5.